The van der Waals surface area contributed by atoms with Crippen molar-refractivity contribution in [2.75, 3.05) is 13.1 Å². The summed E-state index contributed by atoms with van der Waals surface area (Å²) < 4.78 is 5.81. The molecule has 0 radical (unpaired) electrons. The summed E-state index contributed by atoms with van der Waals surface area (Å²) in [5, 5.41) is 0. The number of hydrogen-bond donors (Lipinski definition) is 0. The van der Waals surface area contributed by atoms with Crippen molar-refractivity contribution >= 4 is 5.91 Å². The Morgan fingerprint density at radius 3 is 2.52 bits per heavy atom. The average molecular weight is 289 g/mol. The number of ether oxygens (including phenoxy) is 1. The van der Waals surface area contributed by atoms with Gasteiger partial charge < -0.3 is 9.64 Å². The van der Waals surface area contributed by atoms with Gasteiger partial charge in [0, 0.05) is 13.1 Å². The molecule has 0 spiro atoms. The Kier molecular flexibility index (Phi) is 6.47. The second-order valence-corrected chi connectivity index (χ2v) is 5.80. The van der Waals surface area contributed by atoms with Crippen LogP contribution >= 0.6 is 0 Å². The van der Waals surface area contributed by atoms with E-state index in [0.717, 1.165) is 11.3 Å². The molecule has 0 fully saturated rings. The molecule has 1 aromatic carbocycles. The molecular weight excluding hydrogens is 262 g/mol. The Morgan fingerprint density at radius 1 is 1.33 bits per heavy atom. The minimum Gasteiger partial charge on any atom is -0.481 e. The molecule has 1 aromatic rings. The fraction of sp³-hybridized carbons (Fsp3) is 0.500. The summed E-state index contributed by atoms with van der Waals surface area (Å²) in [6, 6.07) is 7.94. The lowest BCUT2D eigenvalue weighted by atomic mass is 10.0. The Bertz CT molecular complexity index is 494. The van der Waals surface area contributed by atoms with E-state index in [4.69, 9.17) is 4.74 Å². The highest BCUT2D eigenvalue weighted by Crippen LogP contribution is 2.21. The van der Waals surface area contributed by atoms with Gasteiger partial charge in [-0.05, 0) is 44.4 Å². The zero-order valence-electron chi connectivity index (χ0n) is 13.8. The Balaban J connectivity index is 2.75. The van der Waals surface area contributed by atoms with Crippen molar-refractivity contribution in [3.63, 3.8) is 0 Å². The minimum absolute atomic E-state index is 0.00421. The summed E-state index contributed by atoms with van der Waals surface area (Å²) in [6.07, 6.45) is -0.494. The fourth-order valence-electron chi connectivity index (χ4n) is 2.13. The molecule has 3 nitrogen and oxygen atoms in total. The normalized spacial score (nSPS) is 12.1. The first-order chi connectivity index (χ1) is 9.85. The van der Waals surface area contributed by atoms with E-state index >= 15 is 0 Å². The van der Waals surface area contributed by atoms with Gasteiger partial charge in [0.2, 0.25) is 0 Å². The Labute approximate surface area is 128 Å². The van der Waals surface area contributed by atoms with Gasteiger partial charge in [-0.1, -0.05) is 38.1 Å². The predicted molar refractivity (Wildman–Crippen MR) is 87.7 cm³/mol. The lowest BCUT2D eigenvalue weighted by Crippen LogP contribution is -2.41. The molecule has 1 amide bonds. The van der Waals surface area contributed by atoms with E-state index in [1.54, 1.807) is 11.8 Å². The van der Waals surface area contributed by atoms with Gasteiger partial charge in [-0.2, -0.15) is 0 Å². The van der Waals surface area contributed by atoms with Crippen molar-refractivity contribution < 1.29 is 9.53 Å². The number of hydrogen-bond acceptors (Lipinski definition) is 2. The molecule has 0 heterocycles. The van der Waals surface area contributed by atoms with Crippen LogP contribution in [0.25, 0.3) is 0 Å². The molecule has 1 atom stereocenters. The third-order valence-electron chi connectivity index (χ3n) is 3.34. The lowest BCUT2D eigenvalue weighted by molar-refractivity contribution is -0.137. The Morgan fingerprint density at radius 2 is 2.00 bits per heavy atom. The van der Waals surface area contributed by atoms with E-state index in [1.165, 1.54) is 5.56 Å². The highest BCUT2D eigenvalue weighted by Gasteiger charge is 2.21. The van der Waals surface area contributed by atoms with E-state index in [1.807, 2.05) is 32.0 Å². The maximum absolute atomic E-state index is 12.4. The van der Waals surface area contributed by atoms with E-state index in [9.17, 15) is 4.79 Å². The third-order valence-corrected chi connectivity index (χ3v) is 3.34. The van der Waals surface area contributed by atoms with E-state index in [2.05, 4.69) is 26.5 Å². The molecule has 0 aromatic heterocycles. The third kappa shape index (κ3) is 5.25. The number of carbonyl (C=O) groups excluding carboxylic acids is 1. The largest absolute Gasteiger partial charge is 0.481 e. The molecular formula is C18H27NO2. The van der Waals surface area contributed by atoms with E-state index in [0.29, 0.717) is 19.0 Å². The minimum atomic E-state index is -0.494. The topological polar surface area (TPSA) is 29.5 Å². The van der Waals surface area contributed by atoms with E-state index < -0.39 is 6.10 Å². The molecule has 0 bridgehead atoms. The van der Waals surface area contributed by atoms with Crippen molar-refractivity contribution in [3.05, 3.63) is 42.0 Å². The van der Waals surface area contributed by atoms with Crippen LogP contribution in [0.3, 0.4) is 0 Å². The van der Waals surface area contributed by atoms with Crippen molar-refractivity contribution in [3.8, 4) is 5.75 Å². The molecule has 0 N–H and O–H groups in total. The maximum atomic E-state index is 12.4. The van der Waals surface area contributed by atoms with Crippen LogP contribution in [0.2, 0.25) is 0 Å². The zero-order valence-corrected chi connectivity index (χ0v) is 13.8. The number of rotatable bonds is 7. The summed E-state index contributed by atoms with van der Waals surface area (Å²) in [4.78, 5) is 14.2. The van der Waals surface area contributed by atoms with Crippen molar-refractivity contribution in [2.45, 2.75) is 46.6 Å². The summed E-state index contributed by atoms with van der Waals surface area (Å²) >= 11 is 0. The maximum Gasteiger partial charge on any atom is 0.263 e. The van der Waals surface area contributed by atoms with Crippen molar-refractivity contribution in [1.29, 1.82) is 0 Å². The Hall–Kier alpha value is -1.77. The molecule has 116 valence electrons. The average Bonchev–Trinajstić information content (AvgIpc) is 2.43. The van der Waals surface area contributed by atoms with Gasteiger partial charge in [0.25, 0.3) is 5.91 Å². The van der Waals surface area contributed by atoms with Gasteiger partial charge in [-0.15, -0.1) is 0 Å². The van der Waals surface area contributed by atoms with Crippen LogP contribution in [0.15, 0.2) is 36.4 Å². The number of likely N-dealkylation sites (N-methyl/N-ethyl adjacent to an activating group) is 1. The summed E-state index contributed by atoms with van der Waals surface area (Å²) in [7, 11) is 0. The molecule has 1 rings (SSSR count). The number of nitrogens with zero attached hydrogens (tertiary/aromatic N) is 1. The van der Waals surface area contributed by atoms with Crippen molar-refractivity contribution in [2.24, 2.45) is 0 Å². The van der Waals surface area contributed by atoms with Crippen LogP contribution in [-0.4, -0.2) is 30.0 Å². The number of carbonyl (C=O) groups is 1. The summed E-state index contributed by atoms with van der Waals surface area (Å²) in [5.74, 6) is 1.18. The highest BCUT2D eigenvalue weighted by molar-refractivity contribution is 5.81. The fourth-order valence-corrected chi connectivity index (χ4v) is 2.13. The molecule has 0 aliphatic heterocycles. The first kappa shape index (κ1) is 17.3. The second kappa shape index (κ2) is 7.87. The first-order valence-corrected chi connectivity index (χ1v) is 7.54. The molecule has 21 heavy (non-hydrogen) atoms. The van der Waals surface area contributed by atoms with Crippen LogP contribution in [0.1, 0.15) is 46.1 Å². The number of benzene rings is 1. The predicted octanol–water partition coefficient (Wildman–Crippen LogP) is 4.00. The molecule has 0 aliphatic carbocycles. The van der Waals surface area contributed by atoms with Gasteiger partial charge in [0.05, 0.1) is 0 Å². The van der Waals surface area contributed by atoms with Crippen LogP contribution in [-0.2, 0) is 4.79 Å². The molecule has 3 heteroatoms. The van der Waals surface area contributed by atoms with Gasteiger partial charge in [0.1, 0.15) is 5.75 Å². The number of amides is 1. The molecule has 0 saturated heterocycles. The summed E-state index contributed by atoms with van der Waals surface area (Å²) in [5.41, 5.74) is 2.18. The van der Waals surface area contributed by atoms with E-state index in [-0.39, 0.29) is 5.91 Å². The van der Waals surface area contributed by atoms with Crippen LogP contribution in [0.5, 0.6) is 5.75 Å². The SMILES string of the molecule is C=C(C)CN(CC)C(=O)C(C)Oc1cccc(C(C)C)c1. The van der Waals surface area contributed by atoms with Gasteiger partial charge in [-0.25, -0.2) is 0 Å². The standard InChI is InChI=1S/C18H27NO2/c1-7-19(12-13(2)3)18(20)15(6)21-17-10-8-9-16(11-17)14(4)5/h8-11,14-15H,2,7,12H2,1,3-6H3. The van der Waals surface area contributed by atoms with Crippen LogP contribution < -0.4 is 4.74 Å². The molecule has 1 unspecified atom stereocenters. The lowest BCUT2D eigenvalue weighted by Gasteiger charge is -2.25. The quantitative estimate of drug-likeness (QED) is 0.710. The van der Waals surface area contributed by atoms with Gasteiger partial charge in [0.15, 0.2) is 6.10 Å². The smallest absolute Gasteiger partial charge is 0.263 e. The van der Waals surface area contributed by atoms with Crippen molar-refractivity contribution in [1.82, 2.24) is 4.90 Å². The van der Waals surface area contributed by atoms with Crippen LogP contribution in [0.4, 0.5) is 0 Å². The van der Waals surface area contributed by atoms with Gasteiger partial charge >= 0.3 is 0 Å². The monoisotopic (exact) mass is 289 g/mol. The second-order valence-electron chi connectivity index (χ2n) is 5.80. The first-order valence-electron chi connectivity index (χ1n) is 7.54. The summed E-state index contributed by atoms with van der Waals surface area (Å²) in [6.45, 7) is 15.1. The van der Waals surface area contributed by atoms with Gasteiger partial charge in [-0.3, -0.25) is 4.79 Å². The highest BCUT2D eigenvalue weighted by atomic mass is 16.5. The molecule has 0 aliphatic rings. The van der Waals surface area contributed by atoms with Crippen LogP contribution in [0, 0.1) is 0 Å². The molecule has 0 saturated carbocycles. The zero-order chi connectivity index (χ0) is 16.0.